The molecule has 1 heterocycles. The number of halogens is 1. The third kappa shape index (κ3) is 1.42. The molecule has 0 aliphatic heterocycles. The van der Waals surface area contributed by atoms with Gasteiger partial charge in [-0.05, 0) is 12.1 Å². The van der Waals surface area contributed by atoms with E-state index in [4.69, 9.17) is 4.42 Å². The van der Waals surface area contributed by atoms with Crippen molar-refractivity contribution in [3.05, 3.63) is 54.0 Å². The van der Waals surface area contributed by atoms with Crippen molar-refractivity contribution in [2.75, 3.05) is 0 Å². The average molecular weight is 191 g/mol. The largest absolute Gasteiger partial charge is 0.442 e. The maximum absolute atomic E-state index is 13.1. The summed E-state index contributed by atoms with van der Waals surface area (Å²) in [6, 6.07) is 5.71. The van der Waals surface area contributed by atoms with Crippen LogP contribution in [0.15, 0.2) is 41.1 Å². The number of ketones is 1. The van der Waals surface area contributed by atoms with E-state index < -0.39 is 11.6 Å². The Balaban J connectivity index is 2.42. The van der Waals surface area contributed by atoms with Gasteiger partial charge >= 0.3 is 0 Å². The molecule has 0 aliphatic rings. The van der Waals surface area contributed by atoms with E-state index >= 15 is 0 Å². The predicted octanol–water partition coefficient (Wildman–Crippen LogP) is 2.04. The van der Waals surface area contributed by atoms with Crippen molar-refractivity contribution >= 4 is 5.78 Å². The molecule has 0 fully saturated rings. The zero-order chi connectivity index (χ0) is 9.97. The van der Waals surface area contributed by atoms with Gasteiger partial charge in [0.15, 0.2) is 0 Å². The molecule has 0 aliphatic carbocycles. The summed E-state index contributed by atoms with van der Waals surface area (Å²) in [6.45, 7) is 0. The standard InChI is InChI=1S/C10H6FNO2/c11-8-4-2-1-3-7(8)9(13)10-12-5-6-14-10/h1-6H. The summed E-state index contributed by atoms with van der Waals surface area (Å²) in [7, 11) is 0. The van der Waals surface area contributed by atoms with E-state index in [1.54, 1.807) is 6.07 Å². The molecule has 2 rings (SSSR count). The summed E-state index contributed by atoms with van der Waals surface area (Å²) in [4.78, 5) is 15.2. The summed E-state index contributed by atoms with van der Waals surface area (Å²) in [5, 5.41) is 0. The molecule has 2 aromatic rings. The minimum absolute atomic E-state index is 0.0325. The van der Waals surface area contributed by atoms with Crippen molar-refractivity contribution in [3.8, 4) is 0 Å². The van der Waals surface area contributed by atoms with Crippen molar-refractivity contribution in [1.82, 2.24) is 4.98 Å². The highest BCUT2D eigenvalue weighted by Gasteiger charge is 2.16. The Morgan fingerprint density at radius 1 is 1.36 bits per heavy atom. The molecular formula is C10H6FNO2. The van der Waals surface area contributed by atoms with E-state index in [-0.39, 0.29) is 11.5 Å². The smallest absolute Gasteiger partial charge is 0.268 e. The second-order valence-corrected chi connectivity index (χ2v) is 2.65. The molecule has 0 unspecified atom stereocenters. The lowest BCUT2D eigenvalue weighted by atomic mass is 10.1. The Bertz CT molecular complexity index is 451. The first-order chi connectivity index (χ1) is 6.79. The minimum atomic E-state index is -0.573. The first-order valence-electron chi connectivity index (χ1n) is 3.98. The number of hydrogen-bond donors (Lipinski definition) is 0. The molecule has 0 spiro atoms. The van der Waals surface area contributed by atoms with Crippen molar-refractivity contribution in [2.45, 2.75) is 0 Å². The fraction of sp³-hybridized carbons (Fsp3) is 0. The van der Waals surface area contributed by atoms with Gasteiger partial charge in [0.25, 0.3) is 11.7 Å². The molecule has 14 heavy (non-hydrogen) atoms. The monoisotopic (exact) mass is 191 g/mol. The van der Waals surface area contributed by atoms with Crippen LogP contribution in [0.2, 0.25) is 0 Å². The summed E-state index contributed by atoms with van der Waals surface area (Å²) < 4.78 is 17.9. The summed E-state index contributed by atoms with van der Waals surface area (Å²) in [5.41, 5.74) is -0.0325. The number of nitrogens with zero attached hydrogens (tertiary/aromatic N) is 1. The number of benzene rings is 1. The molecule has 1 aromatic carbocycles. The van der Waals surface area contributed by atoms with Gasteiger partial charge in [0, 0.05) is 0 Å². The maximum Gasteiger partial charge on any atom is 0.268 e. The van der Waals surface area contributed by atoms with E-state index in [2.05, 4.69) is 4.98 Å². The van der Waals surface area contributed by atoms with E-state index in [0.29, 0.717) is 0 Å². The molecule has 0 radical (unpaired) electrons. The van der Waals surface area contributed by atoms with Gasteiger partial charge in [0.2, 0.25) is 0 Å². The Kier molecular flexibility index (Phi) is 2.10. The molecule has 0 N–H and O–H groups in total. The minimum Gasteiger partial charge on any atom is -0.442 e. The molecule has 0 atom stereocenters. The van der Waals surface area contributed by atoms with Crippen molar-refractivity contribution < 1.29 is 13.6 Å². The van der Waals surface area contributed by atoms with Gasteiger partial charge in [0.1, 0.15) is 12.1 Å². The van der Waals surface area contributed by atoms with Gasteiger partial charge in [-0.1, -0.05) is 12.1 Å². The van der Waals surface area contributed by atoms with Gasteiger partial charge in [-0.2, -0.15) is 0 Å². The van der Waals surface area contributed by atoms with Crippen LogP contribution in [0.5, 0.6) is 0 Å². The van der Waals surface area contributed by atoms with Crippen LogP contribution < -0.4 is 0 Å². The Hall–Kier alpha value is -1.97. The van der Waals surface area contributed by atoms with Crippen LogP contribution in [0.1, 0.15) is 16.2 Å². The summed E-state index contributed by atoms with van der Waals surface area (Å²) in [6.07, 6.45) is 2.61. The van der Waals surface area contributed by atoms with E-state index in [1.165, 1.54) is 30.7 Å². The molecule has 0 saturated heterocycles. The molecule has 1 aromatic heterocycles. The Labute approximate surface area is 79.2 Å². The quantitative estimate of drug-likeness (QED) is 0.682. The van der Waals surface area contributed by atoms with Crippen LogP contribution >= 0.6 is 0 Å². The summed E-state index contributed by atoms with van der Waals surface area (Å²) in [5.74, 6) is -1.22. The number of carbonyl (C=O) groups excluding carboxylic acids is 1. The highest BCUT2D eigenvalue weighted by molar-refractivity contribution is 6.05. The lowest BCUT2D eigenvalue weighted by molar-refractivity contribution is 0.0999. The number of hydrogen-bond acceptors (Lipinski definition) is 3. The van der Waals surface area contributed by atoms with Gasteiger partial charge in [-0.15, -0.1) is 0 Å². The van der Waals surface area contributed by atoms with Gasteiger partial charge in [-0.25, -0.2) is 9.37 Å². The van der Waals surface area contributed by atoms with Crippen LogP contribution in [0, 0.1) is 5.82 Å². The van der Waals surface area contributed by atoms with Crippen LogP contribution in [0.3, 0.4) is 0 Å². The van der Waals surface area contributed by atoms with E-state index in [9.17, 15) is 9.18 Å². The van der Waals surface area contributed by atoms with Crippen LogP contribution in [-0.4, -0.2) is 10.8 Å². The highest BCUT2D eigenvalue weighted by Crippen LogP contribution is 2.11. The second kappa shape index (κ2) is 3.41. The third-order valence-electron chi connectivity index (χ3n) is 1.75. The van der Waals surface area contributed by atoms with Crippen molar-refractivity contribution in [3.63, 3.8) is 0 Å². The number of rotatable bonds is 2. The average Bonchev–Trinajstić information content (AvgIpc) is 2.70. The van der Waals surface area contributed by atoms with Crippen LogP contribution in [-0.2, 0) is 0 Å². The molecule has 4 heteroatoms. The predicted molar refractivity (Wildman–Crippen MR) is 46.3 cm³/mol. The van der Waals surface area contributed by atoms with Crippen LogP contribution in [0.25, 0.3) is 0 Å². The molecule has 0 amide bonds. The second-order valence-electron chi connectivity index (χ2n) is 2.65. The van der Waals surface area contributed by atoms with Gasteiger partial charge in [0.05, 0.1) is 11.8 Å². The lowest BCUT2D eigenvalue weighted by Crippen LogP contribution is -2.03. The lowest BCUT2D eigenvalue weighted by Gasteiger charge is -1.97. The normalized spacial score (nSPS) is 10.1. The highest BCUT2D eigenvalue weighted by atomic mass is 19.1. The van der Waals surface area contributed by atoms with Crippen LogP contribution in [0.4, 0.5) is 4.39 Å². The molecule has 0 bridgehead atoms. The first kappa shape index (κ1) is 8.62. The fourth-order valence-corrected chi connectivity index (χ4v) is 1.10. The zero-order valence-electron chi connectivity index (χ0n) is 7.11. The topological polar surface area (TPSA) is 43.1 Å². The maximum atomic E-state index is 13.1. The molecule has 3 nitrogen and oxygen atoms in total. The van der Waals surface area contributed by atoms with E-state index in [0.717, 1.165) is 0 Å². The molecule has 0 saturated carbocycles. The molecular weight excluding hydrogens is 185 g/mol. The van der Waals surface area contributed by atoms with Gasteiger partial charge in [-0.3, -0.25) is 4.79 Å². The summed E-state index contributed by atoms with van der Waals surface area (Å²) >= 11 is 0. The van der Waals surface area contributed by atoms with Crippen molar-refractivity contribution in [1.29, 1.82) is 0 Å². The number of aromatic nitrogens is 1. The van der Waals surface area contributed by atoms with Crippen molar-refractivity contribution in [2.24, 2.45) is 0 Å². The third-order valence-corrected chi connectivity index (χ3v) is 1.75. The molecule has 70 valence electrons. The Morgan fingerprint density at radius 2 is 2.14 bits per heavy atom. The number of oxazole rings is 1. The Morgan fingerprint density at radius 3 is 2.79 bits per heavy atom. The fourth-order valence-electron chi connectivity index (χ4n) is 1.10. The SMILES string of the molecule is O=C(c1ncco1)c1ccccc1F. The zero-order valence-corrected chi connectivity index (χ0v) is 7.11. The van der Waals surface area contributed by atoms with Gasteiger partial charge < -0.3 is 4.42 Å². The van der Waals surface area contributed by atoms with E-state index in [1.807, 2.05) is 0 Å². The first-order valence-corrected chi connectivity index (χ1v) is 3.98. The number of carbonyl (C=O) groups is 1.